The van der Waals surface area contributed by atoms with Crippen LogP contribution in [-0.4, -0.2) is 5.11 Å². The first kappa shape index (κ1) is 13.1. The second kappa shape index (κ2) is 5.12. The molecule has 0 aliphatic heterocycles. The third kappa shape index (κ3) is 2.28. The number of aryl methyl sites for hydroxylation is 1. The quantitative estimate of drug-likeness (QED) is 0.859. The number of aliphatic hydroxyl groups excluding tert-OH is 1. The number of nitriles is 1. The van der Waals surface area contributed by atoms with Gasteiger partial charge in [0.25, 0.3) is 0 Å². The highest BCUT2D eigenvalue weighted by Crippen LogP contribution is 2.47. The summed E-state index contributed by atoms with van der Waals surface area (Å²) >= 11 is 0. The molecule has 0 heterocycles. The molecule has 1 N–H and O–H groups in total. The number of aliphatic hydroxyl groups is 1. The van der Waals surface area contributed by atoms with Crippen LogP contribution >= 0.6 is 0 Å². The lowest BCUT2D eigenvalue weighted by Crippen LogP contribution is -2.33. The maximum absolute atomic E-state index is 10.7. The summed E-state index contributed by atoms with van der Waals surface area (Å²) < 4.78 is 0. The van der Waals surface area contributed by atoms with E-state index in [2.05, 4.69) is 13.0 Å². The number of hydrogen-bond donors (Lipinski definition) is 1. The van der Waals surface area contributed by atoms with Crippen LogP contribution in [0.1, 0.15) is 49.8 Å². The Morgan fingerprint density at radius 2 is 2.17 bits per heavy atom. The van der Waals surface area contributed by atoms with Crippen molar-refractivity contribution in [3.8, 4) is 6.07 Å². The van der Waals surface area contributed by atoms with Gasteiger partial charge in [0, 0.05) is 0 Å². The predicted octanol–water partition coefficient (Wildman–Crippen LogP) is 3.75. The van der Waals surface area contributed by atoms with Crippen molar-refractivity contribution in [3.63, 3.8) is 0 Å². The normalized spacial score (nSPS) is 29.6. The van der Waals surface area contributed by atoms with Crippen LogP contribution in [0.4, 0.5) is 0 Å². The van der Waals surface area contributed by atoms with E-state index in [9.17, 15) is 10.4 Å². The molecule has 0 bridgehead atoms. The molecule has 3 atom stereocenters. The summed E-state index contributed by atoms with van der Waals surface area (Å²) in [5, 5.41) is 20.2. The molecular weight excluding hydrogens is 222 g/mol. The van der Waals surface area contributed by atoms with Gasteiger partial charge in [-0.1, -0.05) is 44.0 Å². The van der Waals surface area contributed by atoms with Crippen molar-refractivity contribution in [1.29, 1.82) is 5.26 Å². The van der Waals surface area contributed by atoms with Crippen molar-refractivity contribution in [1.82, 2.24) is 0 Å². The molecule has 1 aromatic carbocycles. The third-order valence-corrected chi connectivity index (χ3v) is 4.26. The van der Waals surface area contributed by atoms with Crippen molar-refractivity contribution in [2.75, 3.05) is 0 Å². The van der Waals surface area contributed by atoms with E-state index in [1.54, 1.807) is 0 Å². The zero-order valence-corrected chi connectivity index (χ0v) is 11.2. The van der Waals surface area contributed by atoms with Crippen LogP contribution in [0.3, 0.4) is 0 Å². The van der Waals surface area contributed by atoms with E-state index < -0.39 is 11.5 Å². The molecule has 2 nitrogen and oxygen atoms in total. The van der Waals surface area contributed by atoms with Gasteiger partial charge >= 0.3 is 0 Å². The summed E-state index contributed by atoms with van der Waals surface area (Å²) in [5.41, 5.74) is 1.38. The maximum Gasteiger partial charge on any atom is 0.0978 e. The number of rotatable bonds is 2. The highest BCUT2D eigenvalue weighted by Gasteiger charge is 2.42. The molecule has 0 radical (unpaired) electrons. The van der Waals surface area contributed by atoms with E-state index >= 15 is 0 Å². The van der Waals surface area contributed by atoms with Gasteiger partial charge in [0.05, 0.1) is 17.6 Å². The molecule has 1 fully saturated rings. The van der Waals surface area contributed by atoms with Crippen LogP contribution in [-0.2, 0) is 0 Å². The molecule has 18 heavy (non-hydrogen) atoms. The Morgan fingerprint density at radius 3 is 2.78 bits per heavy atom. The lowest BCUT2D eigenvalue weighted by atomic mass is 9.66. The molecule has 0 aromatic heterocycles. The van der Waals surface area contributed by atoms with Crippen molar-refractivity contribution in [3.05, 3.63) is 35.4 Å². The van der Waals surface area contributed by atoms with Gasteiger partial charge in [-0.3, -0.25) is 0 Å². The summed E-state index contributed by atoms with van der Waals surface area (Å²) in [6, 6.07) is 10.3. The molecule has 0 amide bonds. The largest absolute Gasteiger partial charge is 0.387 e. The Labute approximate surface area is 109 Å². The Bertz CT molecular complexity index is 462. The monoisotopic (exact) mass is 243 g/mol. The van der Waals surface area contributed by atoms with E-state index in [-0.39, 0.29) is 0 Å². The van der Waals surface area contributed by atoms with Gasteiger partial charge < -0.3 is 5.11 Å². The highest BCUT2D eigenvalue weighted by molar-refractivity contribution is 5.31. The molecule has 0 saturated heterocycles. The van der Waals surface area contributed by atoms with Crippen molar-refractivity contribution < 1.29 is 5.11 Å². The van der Waals surface area contributed by atoms with Gasteiger partial charge in [-0.25, -0.2) is 0 Å². The molecule has 96 valence electrons. The van der Waals surface area contributed by atoms with Crippen LogP contribution in [0.25, 0.3) is 0 Å². The average molecular weight is 243 g/mol. The molecule has 1 aliphatic rings. The SMILES string of the molecule is Cc1ccccc1C(O)C1(C#N)CCCC(C)C1. The van der Waals surface area contributed by atoms with Crippen LogP contribution in [0.15, 0.2) is 24.3 Å². The minimum Gasteiger partial charge on any atom is -0.387 e. The van der Waals surface area contributed by atoms with E-state index in [1.807, 2.05) is 31.2 Å². The van der Waals surface area contributed by atoms with Crippen molar-refractivity contribution in [2.45, 2.75) is 45.6 Å². The lowest BCUT2D eigenvalue weighted by Gasteiger charge is -2.38. The molecule has 2 heteroatoms. The first-order valence-corrected chi connectivity index (χ1v) is 6.74. The van der Waals surface area contributed by atoms with E-state index in [4.69, 9.17) is 0 Å². The summed E-state index contributed by atoms with van der Waals surface area (Å²) in [6.45, 7) is 4.17. The first-order chi connectivity index (χ1) is 8.59. The van der Waals surface area contributed by atoms with Crippen molar-refractivity contribution in [2.24, 2.45) is 11.3 Å². The minimum absolute atomic E-state index is 0.525. The average Bonchev–Trinajstić information content (AvgIpc) is 2.38. The minimum atomic E-state index is -0.661. The molecule has 2 rings (SSSR count). The Kier molecular flexibility index (Phi) is 3.73. The zero-order chi connectivity index (χ0) is 13.2. The molecular formula is C16H21NO. The number of benzene rings is 1. The molecule has 1 aliphatic carbocycles. The van der Waals surface area contributed by atoms with E-state index in [1.165, 1.54) is 6.42 Å². The Balaban J connectivity index is 2.34. The molecule has 1 saturated carbocycles. The molecule has 0 spiro atoms. The molecule has 3 unspecified atom stereocenters. The fourth-order valence-electron chi connectivity index (χ4n) is 3.19. The third-order valence-electron chi connectivity index (χ3n) is 4.26. The van der Waals surface area contributed by atoms with Gasteiger partial charge in [-0.05, 0) is 36.8 Å². The number of hydrogen-bond acceptors (Lipinski definition) is 2. The van der Waals surface area contributed by atoms with Gasteiger partial charge in [-0.2, -0.15) is 5.26 Å². The van der Waals surface area contributed by atoms with Crippen LogP contribution in [0.5, 0.6) is 0 Å². The summed E-state index contributed by atoms with van der Waals surface area (Å²) in [4.78, 5) is 0. The lowest BCUT2D eigenvalue weighted by molar-refractivity contribution is 0.0215. The van der Waals surface area contributed by atoms with Gasteiger partial charge in [0.2, 0.25) is 0 Å². The predicted molar refractivity (Wildman–Crippen MR) is 71.8 cm³/mol. The van der Waals surface area contributed by atoms with Crippen LogP contribution < -0.4 is 0 Å². The summed E-state index contributed by atoms with van der Waals surface area (Å²) in [6.07, 6.45) is 3.16. The van der Waals surface area contributed by atoms with Gasteiger partial charge in [-0.15, -0.1) is 0 Å². The first-order valence-electron chi connectivity index (χ1n) is 6.74. The summed E-state index contributed by atoms with van der Waals surface area (Å²) in [5.74, 6) is 0.525. The Hall–Kier alpha value is -1.33. The van der Waals surface area contributed by atoms with Crippen LogP contribution in [0.2, 0.25) is 0 Å². The van der Waals surface area contributed by atoms with Gasteiger partial charge in [0.1, 0.15) is 0 Å². The van der Waals surface area contributed by atoms with E-state index in [0.717, 1.165) is 30.4 Å². The van der Waals surface area contributed by atoms with E-state index in [0.29, 0.717) is 5.92 Å². The fourth-order valence-corrected chi connectivity index (χ4v) is 3.19. The highest BCUT2D eigenvalue weighted by atomic mass is 16.3. The molecule has 1 aromatic rings. The Morgan fingerprint density at radius 1 is 1.44 bits per heavy atom. The second-order valence-corrected chi connectivity index (χ2v) is 5.73. The zero-order valence-electron chi connectivity index (χ0n) is 11.2. The second-order valence-electron chi connectivity index (χ2n) is 5.73. The van der Waals surface area contributed by atoms with Gasteiger partial charge in [0.15, 0.2) is 0 Å². The standard InChI is InChI=1S/C16H21NO/c1-12-6-5-9-16(10-12,11-17)15(18)14-8-4-3-7-13(14)2/h3-4,7-8,12,15,18H,5-6,9-10H2,1-2H3. The van der Waals surface area contributed by atoms with Crippen LogP contribution in [0, 0.1) is 29.6 Å². The van der Waals surface area contributed by atoms with Crippen molar-refractivity contribution >= 4 is 0 Å². The topological polar surface area (TPSA) is 44.0 Å². The number of nitrogens with zero attached hydrogens (tertiary/aromatic N) is 1. The smallest absolute Gasteiger partial charge is 0.0978 e. The summed E-state index contributed by atoms with van der Waals surface area (Å²) in [7, 11) is 0. The maximum atomic E-state index is 10.7. The fraction of sp³-hybridized carbons (Fsp3) is 0.562.